The third kappa shape index (κ3) is 8.48. The zero-order chi connectivity index (χ0) is 14.0. The molecular formula is C14H29NO3. The molecule has 0 aromatic carbocycles. The van der Waals surface area contributed by atoms with Gasteiger partial charge < -0.3 is 14.7 Å². The van der Waals surface area contributed by atoms with Crippen LogP contribution >= 0.6 is 0 Å². The minimum Gasteiger partial charge on any atom is -0.481 e. The number of rotatable bonds is 11. The zero-order valence-electron chi connectivity index (χ0n) is 12.3. The number of carboxylic acids is 1. The van der Waals surface area contributed by atoms with Crippen LogP contribution in [0.3, 0.4) is 0 Å². The van der Waals surface area contributed by atoms with E-state index in [0.717, 1.165) is 39.0 Å². The molecule has 0 spiro atoms. The van der Waals surface area contributed by atoms with Gasteiger partial charge in [0.1, 0.15) is 0 Å². The van der Waals surface area contributed by atoms with Crippen molar-refractivity contribution in [1.82, 2.24) is 4.90 Å². The number of hydrogen-bond acceptors (Lipinski definition) is 3. The predicted octanol–water partition coefficient (Wildman–Crippen LogP) is 2.62. The van der Waals surface area contributed by atoms with Crippen molar-refractivity contribution in [2.45, 2.75) is 53.0 Å². The molecule has 0 aromatic heterocycles. The molecule has 0 aliphatic carbocycles. The Morgan fingerprint density at radius 3 is 2.33 bits per heavy atom. The fraction of sp³-hybridized carbons (Fsp3) is 0.929. The van der Waals surface area contributed by atoms with Crippen molar-refractivity contribution in [2.24, 2.45) is 5.92 Å². The molecule has 1 N–H and O–H groups in total. The highest BCUT2D eigenvalue weighted by Gasteiger charge is 2.17. The van der Waals surface area contributed by atoms with Crippen molar-refractivity contribution in [3.63, 3.8) is 0 Å². The topological polar surface area (TPSA) is 49.8 Å². The lowest BCUT2D eigenvalue weighted by atomic mass is 10.1. The van der Waals surface area contributed by atoms with E-state index in [4.69, 9.17) is 9.84 Å². The molecule has 1 unspecified atom stereocenters. The maximum absolute atomic E-state index is 10.9. The van der Waals surface area contributed by atoms with Crippen molar-refractivity contribution in [1.29, 1.82) is 0 Å². The van der Waals surface area contributed by atoms with Crippen LogP contribution in [0.15, 0.2) is 0 Å². The second kappa shape index (κ2) is 10.3. The highest BCUT2D eigenvalue weighted by atomic mass is 16.5. The second-order valence-electron chi connectivity index (χ2n) is 5.15. The second-order valence-corrected chi connectivity index (χ2v) is 5.15. The predicted molar refractivity (Wildman–Crippen MR) is 73.9 cm³/mol. The van der Waals surface area contributed by atoms with Gasteiger partial charge in [0.2, 0.25) is 0 Å². The molecule has 18 heavy (non-hydrogen) atoms. The van der Waals surface area contributed by atoms with Gasteiger partial charge in [-0.3, -0.25) is 4.79 Å². The van der Waals surface area contributed by atoms with Gasteiger partial charge >= 0.3 is 5.97 Å². The van der Waals surface area contributed by atoms with Gasteiger partial charge in [0, 0.05) is 32.3 Å². The molecule has 0 saturated heterocycles. The molecule has 0 aliphatic heterocycles. The van der Waals surface area contributed by atoms with Crippen LogP contribution < -0.4 is 0 Å². The van der Waals surface area contributed by atoms with Crippen LogP contribution in [0, 0.1) is 5.92 Å². The first-order valence-corrected chi connectivity index (χ1v) is 7.03. The lowest BCUT2D eigenvalue weighted by Gasteiger charge is -2.28. The fourth-order valence-electron chi connectivity index (χ4n) is 1.71. The van der Waals surface area contributed by atoms with E-state index in [2.05, 4.69) is 25.7 Å². The Labute approximate surface area is 111 Å². The first kappa shape index (κ1) is 17.4. The van der Waals surface area contributed by atoms with E-state index in [-0.39, 0.29) is 5.92 Å². The summed E-state index contributed by atoms with van der Waals surface area (Å²) in [7, 11) is 0. The summed E-state index contributed by atoms with van der Waals surface area (Å²) in [4.78, 5) is 13.1. The first-order valence-electron chi connectivity index (χ1n) is 7.03. The van der Waals surface area contributed by atoms with E-state index in [1.54, 1.807) is 6.92 Å². The van der Waals surface area contributed by atoms with Gasteiger partial charge in [-0.2, -0.15) is 0 Å². The van der Waals surface area contributed by atoms with E-state index in [1.807, 2.05) is 0 Å². The third-order valence-electron chi connectivity index (χ3n) is 3.04. The molecule has 0 radical (unpaired) electrons. The largest absolute Gasteiger partial charge is 0.481 e. The van der Waals surface area contributed by atoms with Crippen molar-refractivity contribution in [3.8, 4) is 0 Å². The SMILES string of the molecule is CCCCOCCCN(CC(C)C(=O)O)C(C)C. The summed E-state index contributed by atoms with van der Waals surface area (Å²) in [5.41, 5.74) is 0. The van der Waals surface area contributed by atoms with E-state index in [0.29, 0.717) is 12.6 Å². The van der Waals surface area contributed by atoms with Gasteiger partial charge in [0.05, 0.1) is 5.92 Å². The number of carboxylic acid groups (broad SMARTS) is 1. The molecule has 0 bridgehead atoms. The third-order valence-corrected chi connectivity index (χ3v) is 3.04. The van der Waals surface area contributed by atoms with Crippen molar-refractivity contribution < 1.29 is 14.6 Å². The van der Waals surface area contributed by atoms with Gasteiger partial charge in [-0.15, -0.1) is 0 Å². The summed E-state index contributed by atoms with van der Waals surface area (Å²) < 4.78 is 5.51. The minimum absolute atomic E-state index is 0.312. The smallest absolute Gasteiger partial charge is 0.307 e. The Kier molecular flexibility index (Phi) is 9.98. The van der Waals surface area contributed by atoms with Crippen LogP contribution in [0.1, 0.15) is 47.0 Å². The first-order chi connectivity index (χ1) is 8.49. The Hall–Kier alpha value is -0.610. The number of nitrogens with zero attached hydrogens (tertiary/aromatic N) is 1. The van der Waals surface area contributed by atoms with E-state index in [9.17, 15) is 4.79 Å². The minimum atomic E-state index is -0.722. The molecule has 0 aromatic rings. The number of aliphatic carboxylic acids is 1. The molecule has 0 aliphatic rings. The molecule has 1 atom stereocenters. The van der Waals surface area contributed by atoms with Gasteiger partial charge in [-0.25, -0.2) is 0 Å². The summed E-state index contributed by atoms with van der Waals surface area (Å²) >= 11 is 0. The van der Waals surface area contributed by atoms with Crippen molar-refractivity contribution in [3.05, 3.63) is 0 Å². The van der Waals surface area contributed by atoms with Crippen molar-refractivity contribution in [2.75, 3.05) is 26.3 Å². The van der Waals surface area contributed by atoms with Gasteiger partial charge in [0.15, 0.2) is 0 Å². The van der Waals surface area contributed by atoms with E-state index >= 15 is 0 Å². The Morgan fingerprint density at radius 2 is 1.83 bits per heavy atom. The molecular weight excluding hydrogens is 230 g/mol. The standard InChI is InChI=1S/C14H29NO3/c1-5-6-9-18-10-7-8-15(12(2)3)11-13(4)14(16)17/h12-13H,5-11H2,1-4H3,(H,16,17). The maximum atomic E-state index is 10.9. The normalized spacial score (nSPS) is 13.2. The van der Waals surface area contributed by atoms with Gasteiger partial charge in [-0.05, 0) is 26.7 Å². The van der Waals surface area contributed by atoms with Gasteiger partial charge in [0.25, 0.3) is 0 Å². The average molecular weight is 259 g/mol. The van der Waals surface area contributed by atoms with Crippen LogP contribution in [0.25, 0.3) is 0 Å². The summed E-state index contributed by atoms with van der Waals surface area (Å²) in [6.07, 6.45) is 3.24. The molecule has 0 rings (SSSR count). The van der Waals surface area contributed by atoms with Crippen LogP contribution in [0.4, 0.5) is 0 Å². The molecule has 0 fully saturated rings. The molecule has 0 heterocycles. The highest BCUT2D eigenvalue weighted by Crippen LogP contribution is 2.06. The van der Waals surface area contributed by atoms with Crippen LogP contribution in [-0.4, -0.2) is 48.3 Å². The number of hydrogen-bond donors (Lipinski definition) is 1. The number of ether oxygens (including phenoxy) is 1. The average Bonchev–Trinajstić information content (AvgIpc) is 2.31. The summed E-state index contributed by atoms with van der Waals surface area (Å²) in [6.45, 7) is 11.2. The number of carbonyl (C=O) groups is 1. The van der Waals surface area contributed by atoms with Crippen molar-refractivity contribution >= 4 is 5.97 Å². The Balaban J connectivity index is 3.80. The van der Waals surface area contributed by atoms with Crippen LogP contribution in [0.5, 0.6) is 0 Å². The van der Waals surface area contributed by atoms with E-state index in [1.165, 1.54) is 0 Å². The van der Waals surface area contributed by atoms with E-state index < -0.39 is 5.97 Å². The molecule has 108 valence electrons. The Morgan fingerprint density at radius 1 is 1.22 bits per heavy atom. The maximum Gasteiger partial charge on any atom is 0.307 e. The summed E-state index contributed by atoms with van der Waals surface area (Å²) in [5, 5.41) is 8.93. The Bertz CT molecular complexity index is 219. The fourth-order valence-corrected chi connectivity index (χ4v) is 1.71. The van der Waals surface area contributed by atoms with Crippen LogP contribution in [-0.2, 0) is 9.53 Å². The van der Waals surface area contributed by atoms with Crippen LogP contribution in [0.2, 0.25) is 0 Å². The zero-order valence-corrected chi connectivity index (χ0v) is 12.3. The summed E-state index contributed by atoms with van der Waals surface area (Å²) in [5.74, 6) is -1.03. The quantitative estimate of drug-likeness (QED) is 0.579. The summed E-state index contributed by atoms with van der Waals surface area (Å²) in [6, 6.07) is 0.377. The van der Waals surface area contributed by atoms with Gasteiger partial charge in [-0.1, -0.05) is 20.3 Å². The lowest BCUT2D eigenvalue weighted by Crippen LogP contribution is -2.38. The number of unbranched alkanes of at least 4 members (excludes halogenated alkanes) is 1. The monoisotopic (exact) mass is 259 g/mol. The molecule has 4 nitrogen and oxygen atoms in total. The molecule has 0 saturated carbocycles. The lowest BCUT2D eigenvalue weighted by molar-refractivity contribution is -0.141. The highest BCUT2D eigenvalue weighted by molar-refractivity contribution is 5.69. The molecule has 4 heteroatoms. The molecule has 0 amide bonds.